The highest BCUT2D eigenvalue weighted by atomic mass is 16.5. The van der Waals surface area contributed by atoms with E-state index in [0.717, 1.165) is 13.1 Å². The molecule has 0 aliphatic carbocycles. The van der Waals surface area contributed by atoms with E-state index in [-0.39, 0.29) is 12.0 Å². The molecule has 112 valence electrons. The van der Waals surface area contributed by atoms with E-state index in [2.05, 4.69) is 31.4 Å². The molecule has 0 aromatic carbocycles. The second kappa shape index (κ2) is 8.54. The first-order valence-electron chi connectivity index (χ1n) is 7.54. The highest BCUT2D eigenvalue weighted by Gasteiger charge is 2.22. The Morgan fingerprint density at radius 1 is 1.32 bits per heavy atom. The summed E-state index contributed by atoms with van der Waals surface area (Å²) >= 11 is 0. The number of nitrogens with one attached hydrogen (secondary N) is 2. The second-order valence-electron chi connectivity index (χ2n) is 6.09. The van der Waals surface area contributed by atoms with E-state index >= 15 is 0 Å². The quantitative estimate of drug-likeness (QED) is 0.741. The first kappa shape index (κ1) is 16.4. The van der Waals surface area contributed by atoms with Gasteiger partial charge in [-0.25, -0.2) is 0 Å². The fourth-order valence-corrected chi connectivity index (χ4v) is 2.75. The Hall–Kier alpha value is -0.610. The number of methoxy groups -OCH3 is 1. The zero-order chi connectivity index (χ0) is 14.3. The first-order chi connectivity index (χ1) is 9.04. The molecule has 2 N–H and O–H groups in total. The molecule has 0 aromatic rings. The van der Waals surface area contributed by atoms with E-state index in [1.54, 1.807) is 7.11 Å². The summed E-state index contributed by atoms with van der Waals surface area (Å²) in [7, 11) is 1.70. The van der Waals surface area contributed by atoms with E-state index in [1.165, 1.54) is 12.8 Å². The molecule has 0 aromatic heterocycles. The predicted octanol–water partition coefficient (Wildman–Crippen LogP) is 1.80. The van der Waals surface area contributed by atoms with Gasteiger partial charge < -0.3 is 15.4 Å². The lowest BCUT2D eigenvalue weighted by Gasteiger charge is -2.28. The molecule has 0 bridgehead atoms. The minimum Gasteiger partial charge on any atom is -0.379 e. The maximum Gasteiger partial charge on any atom is 0.220 e. The molecule has 1 saturated heterocycles. The van der Waals surface area contributed by atoms with Crippen molar-refractivity contribution in [1.29, 1.82) is 0 Å². The number of carbonyl (C=O) groups excluding carboxylic acids is 1. The van der Waals surface area contributed by atoms with Gasteiger partial charge in [-0.2, -0.15) is 0 Å². The maximum absolute atomic E-state index is 12.0. The molecule has 4 heteroatoms. The van der Waals surface area contributed by atoms with Crippen LogP contribution in [0.5, 0.6) is 0 Å². The van der Waals surface area contributed by atoms with E-state index in [9.17, 15) is 4.79 Å². The summed E-state index contributed by atoms with van der Waals surface area (Å²) in [6, 6.07) is 0. The summed E-state index contributed by atoms with van der Waals surface area (Å²) in [4.78, 5) is 12.0. The Balaban J connectivity index is 2.26. The van der Waals surface area contributed by atoms with Crippen molar-refractivity contribution < 1.29 is 9.53 Å². The molecule has 0 radical (unpaired) electrons. The van der Waals surface area contributed by atoms with Gasteiger partial charge in [-0.05, 0) is 43.7 Å². The molecule has 1 heterocycles. The third-order valence-electron chi connectivity index (χ3n) is 4.24. The third-order valence-corrected chi connectivity index (χ3v) is 4.24. The fourth-order valence-electron chi connectivity index (χ4n) is 2.75. The van der Waals surface area contributed by atoms with Crippen LogP contribution in [0.4, 0.5) is 0 Å². The number of hydrogen-bond acceptors (Lipinski definition) is 3. The molecule has 0 spiro atoms. The second-order valence-corrected chi connectivity index (χ2v) is 6.09. The molecule has 4 nitrogen and oxygen atoms in total. The standard InChI is InChI=1S/C15H30N2O2/c1-11(2)14(19-4)10-17-15(18)9-12(3)13-5-7-16-8-6-13/h11-14,16H,5-10H2,1-4H3,(H,17,18). The van der Waals surface area contributed by atoms with Crippen molar-refractivity contribution in [3.05, 3.63) is 0 Å². The molecule has 1 aliphatic heterocycles. The zero-order valence-corrected chi connectivity index (χ0v) is 12.9. The van der Waals surface area contributed by atoms with Gasteiger partial charge in [0.25, 0.3) is 0 Å². The normalized spacial score (nSPS) is 20.3. The van der Waals surface area contributed by atoms with Crippen molar-refractivity contribution in [1.82, 2.24) is 10.6 Å². The van der Waals surface area contributed by atoms with Crippen LogP contribution in [0.1, 0.15) is 40.0 Å². The maximum atomic E-state index is 12.0. The molecule has 0 saturated carbocycles. The van der Waals surface area contributed by atoms with Gasteiger partial charge in [-0.15, -0.1) is 0 Å². The molecule has 1 fully saturated rings. The number of hydrogen-bond donors (Lipinski definition) is 2. The van der Waals surface area contributed by atoms with Crippen LogP contribution < -0.4 is 10.6 Å². The van der Waals surface area contributed by atoms with Crippen LogP contribution >= 0.6 is 0 Å². The summed E-state index contributed by atoms with van der Waals surface area (Å²) in [6.07, 6.45) is 3.14. The smallest absolute Gasteiger partial charge is 0.220 e. The molecule has 1 rings (SSSR count). The fraction of sp³-hybridized carbons (Fsp3) is 0.933. The number of rotatable bonds is 7. The monoisotopic (exact) mass is 270 g/mol. The average molecular weight is 270 g/mol. The Morgan fingerprint density at radius 3 is 2.47 bits per heavy atom. The number of piperidine rings is 1. The van der Waals surface area contributed by atoms with Crippen LogP contribution in [0.2, 0.25) is 0 Å². The number of carbonyl (C=O) groups is 1. The van der Waals surface area contributed by atoms with Crippen LogP contribution in [-0.2, 0) is 9.53 Å². The van der Waals surface area contributed by atoms with Crippen molar-refractivity contribution in [3.63, 3.8) is 0 Å². The van der Waals surface area contributed by atoms with Crippen molar-refractivity contribution >= 4 is 5.91 Å². The van der Waals surface area contributed by atoms with Crippen LogP contribution in [0.25, 0.3) is 0 Å². The van der Waals surface area contributed by atoms with E-state index < -0.39 is 0 Å². The van der Waals surface area contributed by atoms with E-state index in [0.29, 0.717) is 30.7 Å². The van der Waals surface area contributed by atoms with Gasteiger partial charge in [-0.1, -0.05) is 20.8 Å². The molecular formula is C15H30N2O2. The minimum atomic E-state index is 0.109. The zero-order valence-electron chi connectivity index (χ0n) is 12.9. The van der Waals surface area contributed by atoms with Gasteiger partial charge in [0.1, 0.15) is 0 Å². The van der Waals surface area contributed by atoms with Gasteiger partial charge >= 0.3 is 0 Å². The van der Waals surface area contributed by atoms with Crippen LogP contribution in [-0.4, -0.2) is 38.8 Å². The van der Waals surface area contributed by atoms with Gasteiger partial charge in [-0.3, -0.25) is 4.79 Å². The molecule has 2 unspecified atom stereocenters. The van der Waals surface area contributed by atoms with Crippen LogP contribution in [0, 0.1) is 17.8 Å². The van der Waals surface area contributed by atoms with Crippen molar-refractivity contribution in [2.75, 3.05) is 26.7 Å². The van der Waals surface area contributed by atoms with Crippen molar-refractivity contribution in [2.45, 2.75) is 46.1 Å². The Kier molecular flexibility index (Phi) is 7.39. The minimum absolute atomic E-state index is 0.109. The lowest BCUT2D eigenvalue weighted by Crippen LogP contribution is -2.38. The predicted molar refractivity (Wildman–Crippen MR) is 78.0 cm³/mol. The SMILES string of the molecule is COC(CNC(=O)CC(C)C1CCNCC1)C(C)C. The summed E-state index contributed by atoms with van der Waals surface area (Å²) in [5, 5.41) is 6.37. The van der Waals surface area contributed by atoms with E-state index in [4.69, 9.17) is 4.74 Å². The highest BCUT2D eigenvalue weighted by Crippen LogP contribution is 2.24. The van der Waals surface area contributed by atoms with Gasteiger partial charge in [0.05, 0.1) is 6.10 Å². The topological polar surface area (TPSA) is 50.4 Å². The molecule has 2 atom stereocenters. The Morgan fingerprint density at radius 2 is 1.95 bits per heavy atom. The number of amides is 1. The lowest BCUT2D eigenvalue weighted by atomic mass is 9.84. The summed E-state index contributed by atoms with van der Waals surface area (Å²) in [5.41, 5.74) is 0. The van der Waals surface area contributed by atoms with Crippen LogP contribution in [0.15, 0.2) is 0 Å². The van der Waals surface area contributed by atoms with Gasteiger partial charge in [0.15, 0.2) is 0 Å². The van der Waals surface area contributed by atoms with Gasteiger partial charge in [0.2, 0.25) is 5.91 Å². The average Bonchev–Trinajstić information content (AvgIpc) is 2.40. The van der Waals surface area contributed by atoms with Crippen LogP contribution in [0.3, 0.4) is 0 Å². The molecule has 19 heavy (non-hydrogen) atoms. The molecule has 1 aliphatic rings. The highest BCUT2D eigenvalue weighted by molar-refractivity contribution is 5.76. The van der Waals surface area contributed by atoms with Crippen molar-refractivity contribution in [3.8, 4) is 0 Å². The largest absolute Gasteiger partial charge is 0.379 e. The summed E-state index contributed by atoms with van der Waals surface area (Å²) < 4.78 is 5.36. The molecule has 1 amide bonds. The molecular weight excluding hydrogens is 240 g/mol. The lowest BCUT2D eigenvalue weighted by molar-refractivity contribution is -0.123. The number of ether oxygens (including phenoxy) is 1. The first-order valence-corrected chi connectivity index (χ1v) is 7.54. The van der Waals surface area contributed by atoms with Gasteiger partial charge in [0, 0.05) is 20.1 Å². The van der Waals surface area contributed by atoms with E-state index in [1.807, 2.05) is 0 Å². The Labute approximate surface area is 117 Å². The Bertz CT molecular complexity index is 263. The summed E-state index contributed by atoms with van der Waals surface area (Å²) in [5.74, 6) is 1.75. The third kappa shape index (κ3) is 5.91. The summed E-state index contributed by atoms with van der Waals surface area (Å²) in [6.45, 7) is 9.22. The van der Waals surface area contributed by atoms with Crippen molar-refractivity contribution in [2.24, 2.45) is 17.8 Å².